The van der Waals surface area contributed by atoms with Crippen molar-refractivity contribution in [3.8, 4) is 0 Å². The molecule has 3 heteroatoms. The summed E-state index contributed by atoms with van der Waals surface area (Å²) in [6.45, 7) is 5.74. The van der Waals surface area contributed by atoms with Crippen molar-refractivity contribution in [1.82, 2.24) is 0 Å². The van der Waals surface area contributed by atoms with Crippen molar-refractivity contribution < 1.29 is 13.9 Å². The van der Waals surface area contributed by atoms with E-state index in [0.29, 0.717) is 12.0 Å². The van der Waals surface area contributed by atoms with Gasteiger partial charge in [0.25, 0.3) is 0 Å². The molecule has 0 amide bonds. The summed E-state index contributed by atoms with van der Waals surface area (Å²) in [6.07, 6.45) is 2.48. The van der Waals surface area contributed by atoms with Gasteiger partial charge in [0.05, 0.1) is 13.0 Å². The zero-order chi connectivity index (χ0) is 13.7. The molecule has 0 spiro atoms. The normalized spacial score (nSPS) is 12.3. The van der Waals surface area contributed by atoms with Gasteiger partial charge in [0.1, 0.15) is 5.82 Å². The van der Waals surface area contributed by atoms with Crippen LogP contribution in [0, 0.1) is 19.7 Å². The van der Waals surface area contributed by atoms with Crippen LogP contribution in [0.2, 0.25) is 0 Å². The van der Waals surface area contributed by atoms with Gasteiger partial charge in [-0.1, -0.05) is 25.8 Å². The standard InChI is InChI=1S/C15H21FO2/c1-5-6-7-12(15(17)18-4)14-11(3)8-10(2)9-13(14)16/h8-9,12H,5-7H2,1-4H3. The van der Waals surface area contributed by atoms with Gasteiger partial charge in [-0.15, -0.1) is 0 Å². The van der Waals surface area contributed by atoms with Crippen LogP contribution in [0.4, 0.5) is 4.39 Å². The Morgan fingerprint density at radius 3 is 2.56 bits per heavy atom. The highest BCUT2D eigenvalue weighted by Gasteiger charge is 2.25. The fraction of sp³-hybridized carbons (Fsp3) is 0.533. The molecule has 100 valence electrons. The highest BCUT2D eigenvalue weighted by atomic mass is 19.1. The first kappa shape index (κ1) is 14.7. The molecule has 0 aliphatic carbocycles. The topological polar surface area (TPSA) is 26.3 Å². The summed E-state index contributed by atoms with van der Waals surface area (Å²) in [5.74, 6) is -1.15. The van der Waals surface area contributed by atoms with Crippen LogP contribution in [0.3, 0.4) is 0 Å². The van der Waals surface area contributed by atoms with E-state index in [0.717, 1.165) is 24.0 Å². The molecule has 1 rings (SSSR count). The van der Waals surface area contributed by atoms with Gasteiger partial charge in [-0.25, -0.2) is 4.39 Å². The Bertz CT molecular complexity index is 403. The number of halogens is 1. The van der Waals surface area contributed by atoms with Crippen LogP contribution >= 0.6 is 0 Å². The van der Waals surface area contributed by atoms with E-state index in [4.69, 9.17) is 4.74 Å². The number of carbonyl (C=O) groups excluding carboxylic acids is 1. The van der Waals surface area contributed by atoms with E-state index in [1.807, 2.05) is 26.8 Å². The molecule has 0 aliphatic heterocycles. The van der Waals surface area contributed by atoms with Crippen LogP contribution in [0.1, 0.15) is 48.8 Å². The van der Waals surface area contributed by atoms with E-state index >= 15 is 0 Å². The van der Waals surface area contributed by atoms with Crippen LogP contribution in [0.25, 0.3) is 0 Å². The fourth-order valence-corrected chi connectivity index (χ4v) is 2.30. The third kappa shape index (κ3) is 3.31. The summed E-state index contributed by atoms with van der Waals surface area (Å²) < 4.78 is 18.9. The Hall–Kier alpha value is -1.38. The second-order valence-electron chi connectivity index (χ2n) is 4.70. The van der Waals surface area contributed by atoms with E-state index in [2.05, 4.69) is 0 Å². The summed E-state index contributed by atoms with van der Waals surface area (Å²) >= 11 is 0. The Labute approximate surface area is 108 Å². The smallest absolute Gasteiger partial charge is 0.313 e. The fourth-order valence-electron chi connectivity index (χ4n) is 2.30. The van der Waals surface area contributed by atoms with Gasteiger partial charge in [-0.2, -0.15) is 0 Å². The number of hydrogen-bond donors (Lipinski definition) is 0. The summed E-state index contributed by atoms with van der Waals surface area (Å²) in [6, 6.07) is 3.38. The zero-order valence-electron chi connectivity index (χ0n) is 11.5. The van der Waals surface area contributed by atoms with Gasteiger partial charge in [0.15, 0.2) is 0 Å². The molecule has 0 fully saturated rings. The SMILES string of the molecule is CCCCC(C(=O)OC)c1c(C)cc(C)cc1F. The highest BCUT2D eigenvalue weighted by Crippen LogP contribution is 2.29. The predicted molar refractivity (Wildman–Crippen MR) is 70.2 cm³/mol. The van der Waals surface area contributed by atoms with Gasteiger partial charge in [-0.3, -0.25) is 4.79 Å². The molecule has 0 aromatic heterocycles. The third-order valence-electron chi connectivity index (χ3n) is 3.16. The lowest BCUT2D eigenvalue weighted by Crippen LogP contribution is -2.17. The average molecular weight is 252 g/mol. The predicted octanol–water partition coefficient (Wildman–Crippen LogP) is 3.89. The number of carbonyl (C=O) groups is 1. The molecule has 0 heterocycles. The van der Waals surface area contributed by atoms with Crippen molar-refractivity contribution in [3.05, 3.63) is 34.6 Å². The molecule has 1 unspecified atom stereocenters. The van der Waals surface area contributed by atoms with Crippen molar-refractivity contribution >= 4 is 5.97 Å². The maximum absolute atomic E-state index is 14.1. The van der Waals surface area contributed by atoms with Crippen molar-refractivity contribution in [2.24, 2.45) is 0 Å². The lowest BCUT2D eigenvalue weighted by molar-refractivity contribution is -0.142. The number of unbranched alkanes of at least 4 members (excludes halogenated alkanes) is 1. The van der Waals surface area contributed by atoms with E-state index in [1.165, 1.54) is 13.2 Å². The molecular formula is C15H21FO2. The largest absolute Gasteiger partial charge is 0.469 e. The minimum absolute atomic E-state index is 0.306. The van der Waals surface area contributed by atoms with Gasteiger partial charge < -0.3 is 4.74 Å². The van der Waals surface area contributed by atoms with Crippen LogP contribution in [0.15, 0.2) is 12.1 Å². The number of ether oxygens (including phenoxy) is 1. The number of esters is 1. The van der Waals surface area contributed by atoms with E-state index in [1.54, 1.807) is 0 Å². The van der Waals surface area contributed by atoms with Gasteiger partial charge in [0.2, 0.25) is 0 Å². The minimum atomic E-state index is -0.490. The number of rotatable bonds is 5. The molecular weight excluding hydrogens is 231 g/mol. The molecule has 0 bridgehead atoms. The Morgan fingerprint density at radius 1 is 1.39 bits per heavy atom. The summed E-state index contributed by atoms with van der Waals surface area (Å²) in [5.41, 5.74) is 2.17. The van der Waals surface area contributed by atoms with Gasteiger partial charge >= 0.3 is 5.97 Å². The molecule has 0 saturated heterocycles. The molecule has 0 aliphatic rings. The minimum Gasteiger partial charge on any atom is -0.469 e. The lowest BCUT2D eigenvalue weighted by atomic mass is 9.89. The Kier molecular flexibility index (Phi) is 5.32. The molecule has 1 aromatic rings. The van der Waals surface area contributed by atoms with Crippen LogP contribution in [-0.2, 0) is 9.53 Å². The Balaban J connectivity index is 3.16. The average Bonchev–Trinajstić information content (AvgIpc) is 2.31. The van der Waals surface area contributed by atoms with Crippen molar-refractivity contribution in [2.75, 3.05) is 7.11 Å². The molecule has 18 heavy (non-hydrogen) atoms. The molecule has 2 nitrogen and oxygen atoms in total. The molecule has 0 saturated carbocycles. The number of hydrogen-bond acceptors (Lipinski definition) is 2. The van der Waals surface area contributed by atoms with Crippen LogP contribution < -0.4 is 0 Å². The van der Waals surface area contributed by atoms with Crippen molar-refractivity contribution in [1.29, 1.82) is 0 Å². The second-order valence-corrected chi connectivity index (χ2v) is 4.70. The first-order valence-corrected chi connectivity index (χ1v) is 6.35. The van der Waals surface area contributed by atoms with Crippen LogP contribution in [-0.4, -0.2) is 13.1 Å². The van der Waals surface area contributed by atoms with E-state index < -0.39 is 5.92 Å². The summed E-state index contributed by atoms with van der Waals surface area (Å²) in [7, 11) is 1.35. The monoisotopic (exact) mass is 252 g/mol. The number of benzene rings is 1. The van der Waals surface area contributed by atoms with E-state index in [-0.39, 0.29) is 11.8 Å². The van der Waals surface area contributed by atoms with Gasteiger partial charge in [-0.05, 0) is 37.5 Å². The van der Waals surface area contributed by atoms with Crippen LogP contribution in [0.5, 0.6) is 0 Å². The first-order chi connectivity index (χ1) is 8.51. The van der Waals surface area contributed by atoms with Crippen molar-refractivity contribution in [2.45, 2.75) is 46.0 Å². The first-order valence-electron chi connectivity index (χ1n) is 6.35. The number of aryl methyl sites for hydroxylation is 2. The Morgan fingerprint density at radius 2 is 2.06 bits per heavy atom. The summed E-state index contributed by atoms with van der Waals surface area (Å²) in [5, 5.41) is 0. The zero-order valence-corrected chi connectivity index (χ0v) is 11.5. The van der Waals surface area contributed by atoms with Crippen molar-refractivity contribution in [3.63, 3.8) is 0 Å². The van der Waals surface area contributed by atoms with Gasteiger partial charge in [0, 0.05) is 5.56 Å². The highest BCUT2D eigenvalue weighted by molar-refractivity contribution is 5.78. The second kappa shape index (κ2) is 6.53. The summed E-state index contributed by atoms with van der Waals surface area (Å²) in [4.78, 5) is 11.8. The maximum atomic E-state index is 14.1. The van der Waals surface area contributed by atoms with E-state index in [9.17, 15) is 9.18 Å². The molecule has 1 aromatic carbocycles. The molecule has 0 N–H and O–H groups in total. The quantitative estimate of drug-likeness (QED) is 0.743. The molecule has 1 atom stereocenters. The maximum Gasteiger partial charge on any atom is 0.313 e. The number of methoxy groups -OCH3 is 1. The molecule has 0 radical (unpaired) electrons. The third-order valence-corrected chi connectivity index (χ3v) is 3.16. The lowest BCUT2D eigenvalue weighted by Gasteiger charge is -2.18.